The van der Waals surface area contributed by atoms with Crippen molar-refractivity contribution < 1.29 is 9.13 Å². The highest BCUT2D eigenvalue weighted by atomic mass is 79.9. The monoisotopic (exact) mass is 325 g/mol. The lowest BCUT2D eigenvalue weighted by Gasteiger charge is -2.34. The summed E-state index contributed by atoms with van der Waals surface area (Å²) in [4.78, 5) is 0. The zero-order chi connectivity index (χ0) is 14.0. The van der Waals surface area contributed by atoms with Crippen LogP contribution in [0.1, 0.15) is 45.1 Å². The molecule has 0 aromatic heterocycles. The van der Waals surface area contributed by atoms with E-state index in [9.17, 15) is 4.39 Å². The molecule has 0 heterocycles. The molecule has 0 saturated heterocycles. The molecule has 102 valence electrons. The van der Waals surface area contributed by atoms with Gasteiger partial charge < -0.3 is 4.74 Å². The fourth-order valence-electron chi connectivity index (χ4n) is 2.38. The molecule has 1 aromatic carbocycles. The summed E-state index contributed by atoms with van der Waals surface area (Å²) in [6, 6.07) is 5.05. The van der Waals surface area contributed by atoms with Gasteiger partial charge in [-0.15, -0.1) is 0 Å². The van der Waals surface area contributed by atoms with Gasteiger partial charge >= 0.3 is 0 Å². The van der Waals surface area contributed by atoms with Gasteiger partial charge in [0.05, 0.1) is 16.1 Å². The average Bonchev–Trinajstić information content (AvgIpc) is 2.37. The molecule has 0 bridgehead atoms. The van der Waals surface area contributed by atoms with E-state index in [0.717, 1.165) is 25.7 Å². The number of nitriles is 1. The third kappa shape index (κ3) is 3.27. The molecule has 0 N–H and O–H groups in total. The molecule has 0 aliphatic heterocycles. The summed E-state index contributed by atoms with van der Waals surface area (Å²) in [6.45, 7) is 4.50. The van der Waals surface area contributed by atoms with E-state index in [0.29, 0.717) is 5.41 Å². The minimum Gasteiger partial charge on any atom is -0.487 e. The fraction of sp³-hybridized carbons (Fsp3) is 0.533. The first-order valence-corrected chi connectivity index (χ1v) is 7.27. The first kappa shape index (κ1) is 14.3. The van der Waals surface area contributed by atoms with Gasteiger partial charge in [0, 0.05) is 0 Å². The van der Waals surface area contributed by atoms with Crippen molar-refractivity contribution in [3.05, 3.63) is 28.0 Å². The number of halogens is 2. The van der Waals surface area contributed by atoms with E-state index in [1.165, 1.54) is 0 Å². The second kappa shape index (κ2) is 5.50. The minimum atomic E-state index is -0.483. The Kier molecular flexibility index (Phi) is 4.15. The van der Waals surface area contributed by atoms with Crippen molar-refractivity contribution in [3.63, 3.8) is 0 Å². The zero-order valence-corrected chi connectivity index (χ0v) is 12.8. The van der Waals surface area contributed by atoms with Gasteiger partial charge in [-0.3, -0.25) is 0 Å². The summed E-state index contributed by atoms with van der Waals surface area (Å²) in [5.41, 5.74) is 0.651. The summed E-state index contributed by atoms with van der Waals surface area (Å²) >= 11 is 3.10. The van der Waals surface area contributed by atoms with Crippen LogP contribution in [0, 0.1) is 22.6 Å². The molecular weight excluding hydrogens is 309 g/mol. The van der Waals surface area contributed by atoms with Crippen molar-refractivity contribution in [2.75, 3.05) is 0 Å². The number of ether oxygens (including phenoxy) is 1. The van der Waals surface area contributed by atoms with Crippen LogP contribution < -0.4 is 4.74 Å². The van der Waals surface area contributed by atoms with Crippen LogP contribution in [0.4, 0.5) is 4.39 Å². The molecule has 2 rings (SSSR count). The molecule has 0 radical (unpaired) electrons. The number of rotatable bonds is 2. The molecule has 0 spiro atoms. The van der Waals surface area contributed by atoms with Gasteiger partial charge in [-0.25, -0.2) is 4.39 Å². The Morgan fingerprint density at radius 2 is 2.00 bits per heavy atom. The highest BCUT2D eigenvalue weighted by Crippen LogP contribution is 2.37. The van der Waals surface area contributed by atoms with Gasteiger partial charge in [0.25, 0.3) is 0 Å². The van der Waals surface area contributed by atoms with E-state index in [2.05, 4.69) is 29.8 Å². The lowest BCUT2D eigenvalue weighted by Crippen LogP contribution is -2.28. The Morgan fingerprint density at radius 3 is 2.58 bits per heavy atom. The second-order valence-electron chi connectivity index (χ2n) is 5.83. The Morgan fingerprint density at radius 1 is 1.37 bits per heavy atom. The van der Waals surface area contributed by atoms with Crippen LogP contribution in [-0.2, 0) is 0 Å². The number of hydrogen-bond acceptors (Lipinski definition) is 2. The third-order valence-electron chi connectivity index (χ3n) is 3.75. The maximum Gasteiger partial charge on any atom is 0.180 e. The van der Waals surface area contributed by atoms with Crippen LogP contribution in [0.2, 0.25) is 0 Å². The normalized spacial score (nSPS) is 18.9. The van der Waals surface area contributed by atoms with Crippen LogP contribution in [-0.4, -0.2) is 6.10 Å². The molecule has 2 nitrogen and oxygen atoms in total. The highest BCUT2D eigenvalue weighted by Gasteiger charge is 2.28. The molecule has 0 atom stereocenters. The summed E-state index contributed by atoms with van der Waals surface area (Å²) in [7, 11) is 0. The number of benzene rings is 1. The van der Waals surface area contributed by atoms with E-state index >= 15 is 0 Å². The fourth-order valence-corrected chi connectivity index (χ4v) is 2.80. The predicted molar refractivity (Wildman–Crippen MR) is 75.5 cm³/mol. The van der Waals surface area contributed by atoms with Gasteiger partial charge in [-0.1, -0.05) is 13.8 Å². The largest absolute Gasteiger partial charge is 0.487 e. The molecule has 19 heavy (non-hydrogen) atoms. The molecule has 1 aliphatic rings. The van der Waals surface area contributed by atoms with Gasteiger partial charge in [0.2, 0.25) is 0 Å². The Hall–Kier alpha value is -1.08. The van der Waals surface area contributed by atoms with Crippen LogP contribution in [0.3, 0.4) is 0 Å². The van der Waals surface area contributed by atoms with Gasteiger partial charge in [-0.2, -0.15) is 5.26 Å². The summed E-state index contributed by atoms with van der Waals surface area (Å²) in [6.07, 6.45) is 4.16. The van der Waals surface area contributed by atoms with Crippen molar-refractivity contribution in [1.82, 2.24) is 0 Å². The highest BCUT2D eigenvalue weighted by molar-refractivity contribution is 9.10. The number of hydrogen-bond donors (Lipinski definition) is 0. The maximum atomic E-state index is 14.0. The molecule has 1 aromatic rings. The first-order chi connectivity index (χ1) is 8.93. The third-order valence-corrected chi connectivity index (χ3v) is 4.52. The van der Waals surface area contributed by atoms with Gasteiger partial charge in [-0.05, 0) is 59.2 Å². The van der Waals surface area contributed by atoms with E-state index in [1.807, 2.05) is 6.07 Å². The number of nitrogens with zero attached hydrogens (tertiary/aromatic N) is 1. The van der Waals surface area contributed by atoms with Crippen molar-refractivity contribution in [2.45, 2.75) is 45.6 Å². The van der Waals surface area contributed by atoms with E-state index < -0.39 is 5.82 Å². The van der Waals surface area contributed by atoms with Crippen LogP contribution in [0.5, 0.6) is 5.75 Å². The topological polar surface area (TPSA) is 33.0 Å². The molecule has 4 heteroatoms. The predicted octanol–water partition coefficient (Wildman–Crippen LogP) is 4.81. The van der Waals surface area contributed by atoms with Crippen LogP contribution in [0.15, 0.2) is 16.6 Å². The molecule has 1 fully saturated rings. The second-order valence-corrected chi connectivity index (χ2v) is 6.63. The van der Waals surface area contributed by atoms with E-state index in [4.69, 9.17) is 10.00 Å². The zero-order valence-electron chi connectivity index (χ0n) is 11.2. The smallest absolute Gasteiger partial charge is 0.180 e. The summed E-state index contributed by atoms with van der Waals surface area (Å²) in [5.74, 6) is -0.250. The SMILES string of the molecule is CC1(C)CCC(Oc2ccc(C#N)c(Br)c2F)CC1. The van der Waals surface area contributed by atoms with Gasteiger partial charge in [0.15, 0.2) is 11.6 Å². The molecule has 1 saturated carbocycles. The minimum absolute atomic E-state index is 0.0716. The molecule has 0 amide bonds. The Labute approximate surface area is 121 Å². The lowest BCUT2D eigenvalue weighted by atomic mass is 9.76. The average molecular weight is 326 g/mol. The maximum absolute atomic E-state index is 14.0. The van der Waals surface area contributed by atoms with Crippen LogP contribution in [0.25, 0.3) is 0 Å². The van der Waals surface area contributed by atoms with Crippen molar-refractivity contribution in [2.24, 2.45) is 5.41 Å². The van der Waals surface area contributed by atoms with E-state index in [1.54, 1.807) is 12.1 Å². The Bertz CT molecular complexity index is 512. The first-order valence-electron chi connectivity index (χ1n) is 6.48. The van der Waals surface area contributed by atoms with Crippen LogP contribution >= 0.6 is 15.9 Å². The molecule has 1 aliphatic carbocycles. The Balaban J connectivity index is 2.09. The van der Waals surface area contributed by atoms with Crippen molar-refractivity contribution >= 4 is 15.9 Å². The lowest BCUT2D eigenvalue weighted by molar-refractivity contribution is 0.0951. The summed E-state index contributed by atoms with van der Waals surface area (Å²) in [5, 5.41) is 8.83. The van der Waals surface area contributed by atoms with E-state index in [-0.39, 0.29) is 21.9 Å². The van der Waals surface area contributed by atoms with Gasteiger partial charge in [0.1, 0.15) is 6.07 Å². The summed E-state index contributed by atoms with van der Waals surface area (Å²) < 4.78 is 20.0. The van der Waals surface area contributed by atoms with Crippen molar-refractivity contribution in [3.8, 4) is 11.8 Å². The standard InChI is InChI=1S/C15H17BrFNO/c1-15(2)7-5-11(6-8-15)19-12-4-3-10(9-18)13(16)14(12)17/h3-4,11H,5-8H2,1-2H3. The van der Waals surface area contributed by atoms with Crippen molar-refractivity contribution in [1.29, 1.82) is 5.26 Å². The molecule has 0 unspecified atom stereocenters. The molecular formula is C15H17BrFNO. The quantitative estimate of drug-likeness (QED) is 0.781.